The molecule has 1 aromatic heterocycles. The summed E-state index contributed by atoms with van der Waals surface area (Å²) in [5.74, 6) is 0.588. The summed E-state index contributed by atoms with van der Waals surface area (Å²) < 4.78 is 5.29. The number of pyridine rings is 1. The van der Waals surface area contributed by atoms with Crippen LogP contribution in [0.5, 0.6) is 0 Å². The molecule has 2 aromatic rings. The van der Waals surface area contributed by atoms with Gasteiger partial charge in [-0.05, 0) is 24.6 Å². The molecule has 3 heterocycles. The monoisotopic (exact) mass is 386 g/mol. The molecule has 0 spiro atoms. The third-order valence-corrected chi connectivity index (χ3v) is 5.32. The molecule has 0 aliphatic carbocycles. The van der Waals surface area contributed by atoms with Gasteiger partial charge in [-0.2, -0.15) is 0 Å². The smallest absolute Gasteiger partial charge is 0.255 e. The van der Waals surface area contributed by atoms with E-state index in [-0.39, 0.29) is 11.9 Å². The van der Waals surface area contributed by atoms with Gasteiger partial charge in [0.2, 0.25) is 0 Å². The van der Waals surface area contributed by atoms with Gasteiger partial charge in [-0.3, -0.25) is 4.79 Å². The molecule has 1 unspecified atom stereocenters. The number of nitrogens with one attached hydrogen (secondary N) is 1. The van der Waals surface area contributed by atoms with E-state index in [4.69, 9.17) is 16.3 Å². The van der Waals surface area contributed by atoms with Crippen molar-refractivity contribution in [1.82, 2.24) is 9.88 Å². The van der Waals surface area contributed by atoms with E-state index in [2.05, 4.69) is 39.5 Å². The van der Waals surface area contributed by atoms with Crippen molar-refractivity contribution in [2.45, 2.75) is 12.5 Å². The summed E-state index contributed by atoms with van der Waals surface area (Å²) in [6.07, 6.45) is 2.62. The number of rotatable bonds is 4. The summed E-state index contributed by atoms with van der Waals surface area (Å²) in [7, 11) is 0. The minimum atomic E-state index is -0.0460. The van der Waals surface area contributed by atoms with Crippen LogP contribution in [0, 0.1) is 0 Å². The molecular weight excluding hydrogens is 364 g/mol. The summed E-state index contributed by atoms with van der Waals surface area (Å²) in [5.41, 5.74) is 1.75. The molecular formula is C20H23ClN4O2. The molecule has 6 nitrogen and oxygen atoms in total. The maximum absolute atomic E-state index is 12.6. The number of carbonyl (C=O) groups excluding carboxylic acids is 1. The van der Waals surface area contributed by atoms with Crippen molar-refractivity contribution in [1.29, 1.82) is 0 Å². The third kappa shape index (κ3) is 4.17. The highest BCUT2D eigenvalue weighted by atomic mass is 35.5. The number of amides is 1. The highest BCUT2D eigenvalue weighted by Crippen LogP contribution is 2.26. The van der Waals surface area contributed by atoms with Gasteiger partial charge in [0, 0.05) is 44.1 Å². The Bertz CT molecular complexity index is 796. The Kier molecular flexibility index (Phi) is 5.45. The highest BCUT2D eigenvalue weighted by molar-refractivity contribution is 6.33. The molecule has 0 radical (unpaired) electrons. The predicted molar refractivity (Wildman–Crippen MR) is 107 cm³/mol. The Balaban J connectivity index is 1.39. The van der Waals surface area contributed by atoms with Crippen LogP contribution in [0.1, 0.15) is 16.8 Å². The van der Waals surface area contributed by atoms with Crippen LogP contribution in [-0.2, 0) is 4.74 Å². The molecule has 27 heavy (non-hydrogen) atoms. The predicted octanol–water partition coefficient (Wildman–Crippen LogP) is 2.90. The molecule has 2 saturated heterocycles. The third-order valence-electron chi connectivity index (χ3n) is 5.04. The largest absolute Gasteiger partial charge is 0.378 e. The topological polar surface area (TPSA) is 57.7 Å². The number of carbonyl (C=O) groups is 1. The van der Waals surface area contributed by atoms with Crippen LogP contribution in [-0.4, -0.2) is 61.2 Å². The summed E-state index contributed by atoms with van der Waals surface area (Å²) in [5, 5.41) is 3.90. The molecule has 1 amide bonds. The van der Waals surface area contributed by atoms with E-state index in [1.165, 1.54) is 5.69 Å². The van der Waals surface area contributed by atoms with Gasteiger partial charge in [0.1, 0.15) is 5.82 Å². The lowest BCUT2D eigenvalue weighted by Gasteiger charge is -2.27. The molecule has 142 valence electrons. The van der Waals surface area contributed by atoms with E-state index in [0.717, 1.165) is 19.5 Å². The first-order chi connectivity index (χ1) is 13.2. The Morgan fingerprint density at radius 1 is 1.19 bits per heavy atom. The van der Waals surface area contributed by atoms with Gasteiger partial charge < -0.3 is 19.9 Å². The number of anilines is 2. The summed E-state index contributed by atoms with van der Waals surface area (Å²) in [6, 6.07) is 12.4. The van der Waals surface area contributed by atoms with Crippen LogP contribution >= 0.6 is 11.6 Å². The second-order valence-corrected chi connectivity index (χ2v) is 7.28. The molecule has 1 N–H and O–H groups in total. The van der Waals surface area contributed by atoms with Crippen LogP contribution in [0.15, 0.2) is 42.6 Å². The fourth-order valence-electron chi connectivity index (χ4n) is 3.55. The average Bonchev–Trinajstić information content (AvgIpc) is 3.19. The summed E-state index contributed by atoms with van der Waals surface area (Å²) in [4.78, 5) is 21.1. The van der Waals surface area contributed by atoms with Gasteiger partial charge in [0.15, 0.2) is 0 Å². The quantitative estimate of drug-likeness (QED) is 0.875. The Labute approximate surface area is 164 Å². The first-order valence-corrected chi connectivity index (χ1v) is 9.67. The van der Waals surface area contributed by atoms with E-state index < -0.39 is 0 Å². The zero-order valence-corrected chi connectivity index (χ0v) is 15.9. The van der Waals surface area contributed by atoms with Gasteiger partial charge >= 0.3 is 0 Å². The van der Waals surface area contributed by atoms with E-state index in [1.807, 2.05) is 6.07 Å². The molecule has 2 aliphatic rings. The summed E-state index contributed by atoms with van der Waals surface area (Å²) in [6.45, 7) is 4.25. The van der Waals surface area contributed by atoms with E-state index in [9.17, 15) is 4.79 Å². The van der Waals surface area contributed by atoms with Crippen LogP contribution < -0.4 is 10.2 Å². The zero-order valence-electron chi connectivity index (χ0n) is 15.1. The number of hydrogen-bond acceptors (Lipinski definition) is 5. The second-order valence-electron chi connectivity index (χ2n) is 6.87. The number of ether oxygens (including phenoxy) is 1. The van der Waals surface area contributed by atoms with Crippen molar-refractivity contribution in [3.8, 4) is 0 Å². The number of morpholine rings is 1. The number of para-hydroxylation sites is 1. The van der Waals surface area contributed by atoms with E-state index in [0.29, 0.717) is 42.7 Å². The van der Waals surface area contributed by atoms with Gasteiger partial charge in [0.05, 0.1) is 23.8 Å². The number of hydrogen-bond donors (Lipinski definition) is 1. The molecule has 0 bridgehead atoms. The normalized spacial score (nSPS) is 20.0. The van der Waals surface area contributed by atoms with E-state index >= 15 is 0 Å². The van der Waals surface area contributed by atoms with Crippen LogP contribution in [0.25, 0.3) is 0 Å². The Morgan fingerprint density at radius 3 is 2.70 bits per heavy atom. The molecule has 7 heteroatoms. The molecule has 1 aromatic carbocycles. The molecule has 0 saturated carbocycles. The molecule has 1 atom stereocenters. The number of aromatic nitrogens is 1. The lowest BCUT2D eigenvalue weighted by molar-refractivity contribution is 0.0302. The number of benzene rings is 1. The molecule has 2 fully saturated rings. The Hall–Kier alpha value is -2.31. The maximum atomic E-state index is 12.6. The van der Waals surface area contributed by atoms with Crippen molar-refractivity contribution in [3.05, 3.63) is 53.2 Å². The van der Waals surface area contributed by atoms with Crippen LogP contribution in [0.3, 0.4) is 0 Å². The first-order valence-electron chi connectivity index (χ1n) is 9.30. The lowest BCUT2D eigenvalue weighted by atomic mass is 10.2. The van der Waals surface area contributed by atoms with Crippen molar-refractivity contribution in [2.24, 2.45) is 0 Å². The first kappa shape index (κ1) is 18.1. The lowest BCUT2D eigenvalue weighted by Crippen LogP contribution is -2.40. The van der Waals surface area contributed by atoms with Crippen molar-refractivity contribution < 1.29 is 9.53 Å². The standard InChI is InChI=1S/C20H23ClN4O2/c21-18-12-15(20(26)24-8-10-27-11-9-24)13-22-19(18)23-16-6-7-25(14-16)17-4-2-1-3-5-17/h1-5,12-13,16H,6-11,14H2,(H,22,23). The van der Waals surface area contributed by atoms with Crippen molar-refractivity contribution in [2.75, 3.05) is 49.6 Å². The van der Waals surface area contributed by atoms with Crippen molar-refractivity contribution in [3.63, 3.8) is 0 Å². The zero-order chi connectivity index (χ0) is 18.6. The van der Waals surface area contributed by atoms with Crippen LogP contribution in [0.4, 0.5) is 11.5 Å². The number of nitrogens with zero attached hydrogens (tertiary/aromatic N) is 3. The van der Waals surface area contributed by atoms with Gasteiger partial charge in [-0.25, -0.2) is 4.98 Å². The summed E-state index contributed by atoms with van der Waals surface area (Å²) >= 11 is 6.41. The highest BCUT2D eigenvalue weighted by Gasteiger charge is 2.24. The Morgan fingerprint density at radius 2 is 1.96 bits per heavy atom. The fraction of sp³-hybridized carbons (Fsp3) is 0.400. The second kappa shape index (κ2) is 8.15. The van der Waals surface area contributed by atoms with Gasteiger partial charge in [0.25, 0.3) is 5.91 Å². The van der Waals surface area contributed by atoms with Gasteiger partial charge in [-0.15, -0.1) is 0 Å². The minimum absolute atomic E-state index is 0.0460. The van der Waals surface area contributed by atoms with Crippen molar-refractivity contribution >= 4 is 29.0 Å². The van der Waals surface area contributed by atoms with E-state index in [1.54, 1.807) is 17.2 Å². The average molecular weight is 387 g/mol. The van der Waals surface area contributed by atoms with Crippen LogP contribution in [0.2, 0.25) is 5.02 Å². The SMILES string of the molecule is O=C(c1cnc(NC2CCN(c3ccccc3)C2)c(Cl)c1)N1CCOCC1. The number of halogens is 1. The molecule has 4 rings (SSSR count). The molecule has 2 aliphatic heterocycles. The maximum Gasteiger partial charge on any atom is 0.255 e. The minimum Gasteiger partial charge on any atom is -0.378 e. The fourth-order valence-corrected chi connectivity index (χ4v) is 3.78. The van der Waals surface area contributed by atoms with Gasteiger partial charge in [-0.1, -0.05) is 29.8 Å².